The molecule has 1 unspecified atom stereocenters. The highest BCUT2D eigenvalue weighted by atomic mass is 16.5. The number of ether oxygens (including phenoxy) is 2. The lowest BCUT2D eigenvalue weighted by Gasteiger charge is -2.37. The van der Waals surface area contributed by atoms with Crippen LogP contribution in [0.25, 0.3) is 0 Å². The highest BCUT2D eigenvalue weighted by Crippen LogP contribution is 2.27. The van der Waals surface area contributed by atoms with Crippen LogP contribution in [0.4, 0.5) is 17.2 Å². The third kappa shape index (κ3) is 5.99. The highest BCUT2D eigenvalue weighted by molar-refractivity contribution is 5.89. The summed E-state index contributed by atoms with van der Waals surface area (Å²) in [5, 5.41) is 13.8. The van der Waals surface area contributed by atoms with Crippen molar-refractivity contribution in [2.24, 2.45) is 0 Å². The SMILES string of the molecule is CCOC(=O)c1ccc(N2CCCCC2NC[C@H](O)COc2cccc(N)c2N)nc1. The van der Waals surface area contributed by atoms with Crippen LogP contribution in [0.1, 0.15) is 36.5 Å². The van der Waals surface area contributed by atoms with Crippen LogP contribution in [0.2, 0.25) is 0 Å². The van der Waals surface area contributed by atoms with E-state index < -0.39 is 6.10 Å². The second-order valence-electron chi connectivity index (χ2n) is 7.46. The summed E-state index contributed by atoms with van der Waals surface area (Å²) < 4.78 is 10.6. The molecule has 1 aromatic heterocycles. The van der Waals surface area contributed by atoms with Crippen LogP contribution in [-0.4, -0.2) is 54.6 Å². The first kappa shape index (κ1) is 22.6. The molecule has 2 aromatic rings. The van der Waals surface area contributed by atoms with Crippen molar-refractivity contribution in [3.63, 3.8) is 0 Å². The quantitative estimate of drug-likeness (QED) is 0.347. The number of nitrogens with two attached hydrogens (primary N) is 2. The van der Waals surface area contributed by atoms with Crippen LogP contribution in [-0.2, 0) is 4.74 Å². The Morgan fingerprint density at radius 2 is 2.16 bits per heavy atom. The minimum Gasteiger partial charge on any atom is -0.489 e. The first-order valence-corrected chi connectivity index (χ1v) is 10.6. The van der Waals surface area contributed by atoms with Gasteiger partial charge in [-0.05, 0) is 50.5 Å². The molecular weight excluding hydrogens is 398 g/mol. The van der Waals surface area contributed by atoms with Crippen molar-refractivity contribution in [1.82, 2.24) is 10.3 Å². The van der Waals surface area contributed by atoms with Crippen LogP contribution in [0.15, 0.2) is 36.5 Å². The predicted molar refractivity (Wildman–Crippen MR) is 120 cm³/mol. The number of aromatic nitrogens is 1. The molecule has 1 aromatic carbocycles. The molecule has 1 saturated heterocycles. The van der Waals surface area contributed by atoms with Crippen molar-refractivity contribution >= 4 is 23.2 Å². The van der Waals surface area contributed by atoms with Crippen LogP contribution in [0.3, 0.4) is 0 Å². The fourth-order valence-corrected chi connectivity index (χ4v) is 3.51. The van der Waals surface area contributed by atoms with E-state index in [4.69, 9.17) is 20.9 Å². The van der Waals surface area contributed by atoms with Gasteiger partial charge in [0.2, 0.25) is 0 Å². The van der Waals surface area contributed by atoms with Gasteiger partial charge in [-0.25, -0.2) is 9.78 Å². The molecule has 0 radical (unpaired) electrons. The van der Waals surface area contributed by atoms with Crippen LogP contribution >= 0.6 is 0 Å². The summed E-state index contributed by atoms with van der Waals surface area (Å²) in [7, 11) is 0. The van der Waals surface area contributed by atoms with Gasteiger partial charge in [0.25, 0.3) is 0 Å². The number of carbonyl (C=O) groups is 1. The van der Waals surface area contributed by atoms with Gasteiger partial charge >= 0.3 is 5.97 Å². The molecule has 9 heteroatoms. The molecule has 6 N–H and O–H groups in total. The number of aliphatic hydroxyl groups is 1. The standard InChI is InChI=1S/C22H31N5O4/c1-2-30-22(29)15-9-10-20(25-12-15)27-11-4-3-8-19(27)26-13-16(28)14-31-18-7-5-6-17(23)21(18)24/h5-7,9-10,12,16,19,26,28H,2-4,8,11,13-14,23-24H2,1H3/t16-,19?/m0/s1. The van der Waals surface area contributed by atoms with Crippen molar-refractivity contribution in [3.8, 4) is 5.75 Å². The van der Waals surface area contributed by atoms with Crippen molar-refractivity contribution in [2.45, 2.75) is 38.5 Å². The fourth-order valence-electron chi connectivity index (χ4n) is 3.51. The van der Waals surface area contributed by atoms with Gasteiger partial charge in [0, 0.05) is 19.3 Å². The van der Waals surface area contributed by atoms with E-state index in [1.54, 1.807) is 31.2 Å². The second kappa shape index (κ2) is 10.8. The maximum Gasteiger partial charge on any atom is 0.339 e. The first-order chi connectivity index (χ1) is 15.0. The van der Waals surface area contributed by atoms with Gasteiger partial charge in [-0.2, -0.15) is 0 Å². The van der Waals surface area contributed by atoms with E-state index in [1.807, 2.05) is 6.07 Å². The van der Waals surface area contributed by atoms with Gasteiger partial charge in [-0.3, -0.25) is 5.32 Å². The van der Waals surface area contributed by atoms with Crippen LogP contribution in [0, 0.1) is 0 Å². The molecule has 9 nitrogen and oxygen atoms in total. The molecule has 0 spiro atoms. The zero-order valence-electron chi connectivity index (χ0n) is 17.8. The van der Waals surface area contributed by atoms with Gasteiger partial charge < -0.3 is 30.9 Å². The summed E-state index contributed by atoms with van der Waals surface area (Å²) >= 11 is 0. The van der Waals surface area contributed by atoms with E-state index in [0.29, 0.717) is 35.8 Å². The number of nitrogens with one attached hydrogen (secondary N) is 1. The molecule has 3 rings (SSSR count). The number of hydrogen-bond donors (Lipinski definition) is 4. The molecule has 0 bridgehead atoms. The molecule has 168 valence electrons. The average Bonchev–Trinajstić information content (AvgIpc) is 2.79. The number of pyridine rings is 1. The highest BCUT2D eigenvalue weighted by Gasteiger charge is 2.24. The average molecular weight is 430 g/mol. The smallest absolute Gasteiger partial charge is 0.339 e. The van der Waals surface area contributed by atoms with Gasteiger partial charge in [0.15, 0.2) is 0 Å². The Morgan fingerprint density at radius 1 is 1.32 bits per heavy atom. The number of hydrogen-bond acceptors (Lipinski definition) is 9. The minimum absolute atomic E-state index is 0.0294. The third-order valence-corrected chi connectivity index (χ3v) is 5.18. The number of carbonyl (C=O) groups excluding carboxylic acids is 1. The molecule has 1 aliphatic heterocycles. The Kier molecular flexibility index (Phi) is 7.91. The van der Waals surface area contributed by atoms with Crippen LogP contribution in [0.5, 0.6) is 5.75 Å². The number of esters is 1. The Hall–Kier alpha value is -3.04. The monoisotopic (exact) mass is 429 g/mol. The number of para-hydroxylation sites is 1. The lowest BCUT2D eigenvalue weighted by Crippen LogP contribution is -2.51. The van der Waals surface area contributed by atoms with Gasteiger partial charge in [-0.1, -0.05) is 6.07 Å². The largest absolute Gasteiger partial charge is 0.489 e. The summed E-state index contributed by atoms with van der Waals surface area (Å²) in [6.45, 7) is 3.39. The number of aliphatic hydroxyl groups excluding tert-OH is 1. The first-order valence-electron chi connectivity index (χ1n) is 10.6. The molecule has 31 heavy (non-hydrogen) atoms. The van der Waals surface area contributed by atoms with E-state index in [1.165, 1.54) is 6.20 Å². The molecule has 2 heterocycles. The Balaban J connectivity index is 1.54. The molecule has 0 amide bonds. The van der Waals surface area contributed by atoms with E-state index in [2.05, 4.69) is 15.2 Å². The lowest BCUT2D eigenvalue weighted by molar-refractivity contribution is 0.0526. The molecule has 1 fully saturated rings. The molecular formula is C22H31N5O4. The van der Waals surface area contributed by atoms with Gasteiger partial charge in [-0.15, -0.1) is 0 Å². The maximum absolute atomic E-state index is 11.8. The summed E-state index contributed by atoms with van der Waals surface area (Å²) in [6, 6.07) is 8.73. The zero-order chi connectivity index (χ0) is 22.2. The van der Waals surface area contributed by atoms with Crippen molar-refractivity contribution in [1.29, 1.82) is 0 Å². The van der Waals surface area contributed by atoms with E-state index >= 15 is 0 Å². The Bertz CT molecular complexity index is 861. The predicted octanol–water partition coefficient (Wildman–Crippen LogP) is 1.77. The van der Waals surface area contributed by atoms with E-state index in [9.17, 15) is 9.90 Å². The van der Waals surface area contributed by atoms with Crippen molar-refractivity contribution in [2.75, 3.05) is 42.7 Å². The van der Waals surface area contributed by atoms with Gasteiger partial charge in [0.1, 0.15) is 24.3 Å². The minimum atomic E-state index is -0.719. The number of rotatable bonds is 9. The summed E-state index contributed by atoms with van der Waals surface area (Å²) in [4.78, 5) is 18.4. The summed E-state index contributed by atoms with van der Waals surface area (Å²) in [5.41, 5.74) is 12.9. The van der Waals surface area contributed by atoms with Crippen molar-refractivity contribution in [3.05, 3.63) is 42.1 Å². The number of nitrogens with zero attached hydrogens (tertiary/aromatic N) is 2. The Morgan fingerprint density at radius 3 is 2.90 bits per heavy atom. The number of nitrogen functional groups attached to an aromatic ring is 2. The molecule has 0 aliphatic carbocycles. The summed E-state index contributed by atoms with van der Waals surface area (Å²) in [5.74, 6) is 0.867. The van der Waals surface area contributed by atoms with E-state index in [0.717, 1.165) is 31.6 Å². The fraction of sp³-hybridized carbons (Fsp3) is 0.455. The maximum atomic E-state index is 11.8. The van der Waals surface area contributed by atoms with Gasteiger partial charge in [0.05, 0.1) is 29.7 Å². The number of piperidine rings is 1. The second-order valence-corrected chi connectivity index (χ2v) is 7.46. The van der Waals surface area contributed by atoms with E-state index in [-0.39, 0.29) is 18.7 Å². The topological polar surface area (TPSA) is 136 Å². The Labute approximate surface area is 182 Å². The number of benzene rings is 1. The molecule has 2 atom stereocenters. The number of anilines is 3. The molecule has 1 aliphatic rings. The molecule has 0 saturated carbocycles. The normalized spacial score (nSPS) is 17.2. The van der Waals surface area contributed by atoms with Crippen LogP contribution < -0.4 is 26.4 Å². The lowest BCUT2D eigenvalue weighted by atomic mass is 10.1. The summed E-state index contributed by atoms with van der Waals surface area (Å²) in [6.07, 6.45) is 3.92. The third-order valence-electron chi connectivity index (χ3n) is 5.18. The van der Waals surface area contributed by atoms with Crippen molar-refractivity contribution < 1.29 is 19.4 Å². The zero-order valence-corrected chi connectivity index (χ0v) is 17.8.